The van der Waals surface area contributed by atoms with Crippen molar-refractivity contribution in [2.45, 2.75) is 21.4 Å². The van der Waals surface area contributed by atoms with Gasteiger partial charge in [-0.15, -0.1) is 10.2 Å². The Bertz CT molecular complexity index is 665. The van der Waals surface area contributed by atoms with Crippen molar-refractivity contribution in [1.82, 2.24) is 20.3 Å². The molecule has 0 spiro atoms. The summed E-state index contributed by atoms with van der Waals surface area (Å²) in [7, 11) is 0. The van der Waals surface area contributed by atoms with E-state index in [0.717, 1.165) is 14.4 Å². The van der Waals surface area contributed by atoms with Crippen LogP contribution >= 0.6 is 34.9 Å². The smallest absolute Gasteiger partial charge is 0.238 e. The summed E-state index contributed by atoms with van der Waals surface area (Å²) >= 11 is 4.80. The van der Waals surface area contributed by atoms with Gasteiger partial charge in [0.05, 0.1) is 12.0 Å². The first-order valence-electron chi connectivity index (χ1n) is 5.80. The quantitative estimate of drug-likeness (QED) is 0.636. The van der Waals surface area contributed by atoms with Crippen molar-refractivity contribution < 1.29 is 8.94 Å². The molecule has 3 heterocycles. The molecule has 3 aromatic rings. The number of rotatable bonds is 6. The molecule has 0 saturated heterocycles. The van der Waals surface area contributed by atoms with Crippen LogP contribution in [0, 0.1) is 0 Å². The fraction of sp³-hybridized carbons (Fsp3) is 0.273. The van der Waals surface area contributed by atoms with E-state index in [4.69, 9.17) is 8.94 Å². The van der Waals surface area contributed by atoms with E-state index < -0.39 is 0 Å². The Morgan fingerprint density at radius 3 is 2.85 bits per heavy atom. The van der Waals surface area contributed by atoms with E-state index in [0.29, 0.717) is 23.2 Å². The Hall–Kier alpha value is -1.32. The first-order valence-corrected chi connectivity index (χ1v) is 8.59. The summed E-state index contributed by atoms with van der Waals surface area (Å²) in [5.41, 5.74) is 0. The van der Waals surface area contributed by atoms with Gasteiger partial charge in [-0.05, 0) is 17.9 Å². The van der Waals surface area contributed by atoms with Crippen molar-refractivity contribution in [3.05, 3.63) is 24.3 Å². The van der Waals surface area contributed by atoms with E-state index in [1.54, 1.807) is 41.5 Å². The first kappa shape index (κ1) is 13.7. The molecule has 20 heavy (non-hydrogen) atoms. The highest BCUT2D eigenvalue weighted by molar-refractivity contribution is 8.02. The zero-order valence-electron chi connectivity index (χ0n) is 10.5. The molecule has 6 nitrogen and oxygen atoms in total. The number of thioether (sulfide) groups is 2. The number of aromatic nitrogens is 4. The summed E-state index contributed by atoms with van der Waals surface area (Å²) in [5.74, 6) is 3.17. The number of hydrogen-bond donors (Lipinski definition) is 0. The van der Waals surface area contributed by atoms with Crippen molar-refractivity contribution >= 4 is 34.9 Å². The van der Waals surface area contributed by atoms with Crippen molar-refractivity contribution in [2.75, 3.05) is 5.75 Å². The molecular formula is C11H10N4O2S3. The highest BCUT2D eigenvalue weighted by Crippen LogP contribution is 2.30. The molecule has 0 aromatic carbocycles. The third-order valence-corrected chi connectivity index (χ3v) is 5.24. The number of hydrogen-bond acceptors (Lipinski definition) is 9. The second-order valence-electron chi connectivity index (χ2n) is 3.54. The van der Waals surface area contributed by atoms with E-state index in [9.17, 15) is 0 Å². The van der Waals surface area contributed by atoms with Crippen molar-refractivity contribution in [3.8, 4) is 11.6 Å². The molecule has 0 bridgehead atoms. The predicted octanol–water partition coefficient (Wildman–Crippen LogP) is 3.59. The minimum atomic E-state index is 0.463. The molecular weight excluding hydrogens is 316 g/mol. The van der Waals surface area contributed by atoms with Crippen molar-refractivity contribution in [3.63, 3.8) is 0 Å². The molecule has 0 fully saturated rings. The van der Waals surface area contributed by atoms with E-state index >= 15 is 0 Å². The lowest BCUT2D eigenvalue weighted by atomic mass is 10.4. The van der Waals surface area contributed by atoms with Crippen LogP contribution in [0.3, 0.4) is 0 Å². The average molecular weight is 326 g/mol. The van der Waals surface area contributed by atoms with Gasteiger partial charge in [0.1, 0.15) is 0 Å². The lowest BCUT2D eigenvalue weighted by Crippen LogP contribution is -1.81. The second-order valence-corrected chi connectivity index (χ2v) is 7.26. The molecule has 0 N–H and O–H groups in total. The van der Waals surface area contributed by atoms with Gasteiger partial charge in [-0.25, -0.2) is 0 Å². The van der Waals surface area contributed by atoms with E-state index in [1.807, 2.05) is 0 Å². The zero-order valence-corrected chi connectivity index (χ0v) is 12.9. The molecule has 0 saturated carbocycles. The van der Waals surface area contributed by atoms with Gasteiger partial charge in [0, 0.05) is 0 Å². The van der Waals surface area contributed by atoms with E-state index in [-0.39, 0.29) is 0 Å². The highest BCUT2D eigenvalue weighted by Gasteiger charge is 2.12. The summed E-state index contributed by atoms with van der Waals surface area (Å²) in [4.78, 5) is 4.27. The molecule has 3 aromatic heterocycles. The Morgan fingerprint density at radius 2 is 2.10 bits per heavy atom. The lowest BCUT2D eigenvalue weighted by Gasteiger charge is -1.89. The van der Waals surface area contributed by atoms with Gasteiger partial charge < -0.3 is 8.94 Å². The lowest BCUT2D eigenvalue weighted by molar-refractivity contribution is 0.390. The number of nitrogens with zero attached hydrogens (tertiary/aromatic N) is 4. The molecule has 0 aliphatic rings. The van der Waals surface area contributed by atoms with Crippen LogP contribution in [0.25, 0.3) is 11.6 Å². The molecule has 9 heteroatoms. The Labute approximate surface area is 127 Å². The average Bonchev–Trinajstić information content (AvgIpc) is 3.18. The molecule has 0 radical (unpaired) electrons. The van der Waals surface area contributed by atoms with Gasteiger partial charge in [0.25, 0.3) is 0 Å². The molecule has 104 valence electrons. The standard InChI is InChI=1S/C11H10N4O2S3/c1-2-18-10-13-14-11(20-10)19-6-8-12-9(15-17-8)7-4-3-5-16-7/h3-5H,2,6H2,1H3. The Morgan fingerprint density at radius 1 is 1.25 bits per heavy atom. The topological polar surface area (TPSA) is 77.8 Å². The summed E-state index contributed by atoms with van der Waals surface area (Å²) < 4.78 is 12.3. The minimum absolute atomic E-state index is 0.463. The monoisotopic (exact) mass is 326 g/mol. The van der Waals surface area contributed by atoms with Crippen molar-refractivity contribution in [2.24, 2.45) is 0 Å². The largest absolute Gasteiger partial charge is 0.461 e. The summed E-state index contributed by atoms with van der Waals surface area (Å²) in [6, 6.07) is 3.58. The maximum atomic E-state index is 5.21. The molecule has 0 aliphatic carbocycles. The maximum Gasteiger partial charge on any atom is 0.238 e. The van der Waals surface area contributed by atoms with Crippen LogP contribution in [0.1, 0.15) is 12.8 Å². The molecule has 3 rings (SSSR count). The molecule has 0 aliphatic heterocycles. The second kappa shape index (κ2) is 6.42. The molecule has 0 unspecified atom stereocenters. The molecule has 0 amide bonds. The van der Waals surface area contributed by atoms with Crippen LogP contribution in [0.2, 0.25) is 0 Å². The predicted molar refractivity (Wildman–Crippen MR) is 77.9 cm³/mol. The number of furan rings is 1. The maximum absolute atomic E-state index is 5.21. The van der Waals surface area contributed by atoms with Gasteiger partial charge >= 0.3 is 0 Å². The normalized spacial score (nSPS) is 11.1. The fourth-order valence-corrected chi connectivity index (χ4v) is 4.13. The van der Waals surface area contributed by atoms with E-state index in [1.165, 1.54) is 11.8 Å². The van der Waals surface area contributed by atoms with Gasteiger partial charge in [0.2, 0.25) is 11.7 Å². The van der Waals surface area contributed by atoms with Crippen LogP contribution in [-0.2, 0) is 5.75 Å². The van der Waals surface area contributed by atoms with E-state index in [2.05, 4.69) is 27.3 Å². The van der Waals surface area contributed by atoms with Gasteiger partial charge in [0.15, 0.2) is 14.4 Å². The van der Waals surface area contributed by atoms with Gasteiger partial charge in [-0.1, -0.05) is 46.9 Å². The van der Waals surface area contributed by atoms with Crippen LogP contribution < -0.4 is 0 Å². The SMILES string of the molecule is CCSc1nnc(SCc2nc(-c3ccco3)no2)s1. The summed E-state index contributed by atoms with van der Waals surface area (Å²) in [5, 5.41) is 12.1. The summed E-state index contributed by atoms with van der Waals surface area (Å²) in [6.45, 7) is 2.09. The minimum Gasteiger partial charge on any atom is -0.461 e. The van der Waals surface area contributed by atoms with Crippen LogP contribution in [-0.4, -0.2) is 26.1 Å². The van der Waals surface area contributed by atoms with Crippen LogP contribution in [0.4, 0.5) is 0 Å². The highest BCUT2D eigenvalue weighted by atomic mass is 32.2. The van der Waals surface area contributed by atoms with Gasteiger partial charge in [-0.3, -0.25) is 0 Å². The Kier molecular flexibility index (Phi) is 4.38. The third-order valence-electron chi connectivity index (χ3n) is 2.18. The zero-order chi connectivity index (χ0) is 13.8. The van der Waals surface area contributed by atoms with Crippen molar-refractivity contribution in [1.29, 1.82) is 0 Å². The summed E-state index contributed by atoms with van der Waals surface area (Å²) in [6.07, 6.45) is 1.58. The van der Waals surface area contributed by atoms with Crippen LogP contribution in [0.15, 0.2) is 36.0 Å². The fourth-order valence-electron chi connectivity index (χ4n) is 1.38. The molecule has 0 atom stereocenters. The third kappa shape index (κ3) is 3.22. The first-order chi connectivity index (χ1) is 9.85. The Balaban J connectivity index is 1.60. The van der Waals surface area contributed by atoms with Crippen LogP contribution in [0.5, 0.6) is 0 Å². The van der Waals surface area contributed by atoms with Gasteiger partial charge in [-0.2, -0.15) is 4.98 Å².